The Morgan fingerprint density at radius 1 is 1.17 bits per heavy atom. The average Bonchev–Trinajstić information content (AvgIpc) is 2.32. The van der Waals surface area contributed by atoms with Gasteiger partial charge in [0.15, 0.2) is 0 Å². The maximum atomic E-state index is 13.2. The lowest BCUT2D eigenvalue weighted by molar-refractivity contribution is 0.0697. The monoisotopic (exact) mass is 264 g/mol. The highest BCUT2D eigenvalue weighted by molar-refractivity contribution is 6.33. The lowest BCUT2D eigenvalue weighted by atomic mass is 10.0. The molecule has 92 valence electrons. The number of halogens is 2. The van der Waals surface area contributed by atoms with E-state index in [1.54, 1.807) is 31.2 Å². The van der Waals surface area contributed by atoms with Crippen LogP contribution in [0.25, 0.3) is 11.1 Å². The van der Waals surface area contributed by atoms with Crippen LogP contribution in [0.3, 0.4) is 0 Å². The summed E-state index contributed by atoms with van der Waals surface area (Å²) in [4.78, 5) is 10.8. The molecule has 0 aliphatic rings. The molecule has 0 unspecified atom stereocenters. The highest BCUT2D eigenvalue weighted by Crippen LogP contribution is 2.27. The fourth-order valence-electron chi connectivity index (χ4n) is 1.69. The van der Waals surface area contributed by atoms with Crippen molar-refractivity contribution in [2.45, 2.75) is 6.92 Å². The van der Waals surface area contributed by atoms with E-state index in [1.165, 1.54) is 12.1 Å². The zero-order valence-corrected chi connectivity index (χ0v) is 10.3. The van der Waals surface area contributed by atoms with E-state index in [0.29, 0.717) is 5.56 Å². The molecule has 0 bridgehead atoms. The molecule has 0 saturated heterocycles. The van der Waals surface area contributed by atoms with Crippen molar-refractivity contribution in [3.05, 3.63) is 58.4 Å². The zero-order valence-electron chi connectivity index (χ0n) is 9.58. The van der Waals surface area contributed by atoms with Gasteiger partial charge in [0.2, 0.25) is 0 Å². The number of benzene rings is 2. The van der Waals surface area contributed by atoms with Crippen LogP contribution in [0.15, 0.2) is 36.4 Å². The number of aryl methyl sites for hydroxylation is 1. The Labute approximate surface area is 109 Å². The minimum atomic E-state index is -1.07. The minimum absolute atomic E-state index is 0.0549. The normalized spacial score (nSPS) is 10.4. The molecule has 0 atom stereocenters. The zero-order chi connectivity index (χ0) is 13.3. The van der Waals surface area contributed by atoms with Crippen LogP contribution in [0.4, 0.5) is 4.39 Å². The van der Waals surface area contributed by atoms with Gasteiger partial charge in [0.05, 0.1) is 10.6 Å². The van der Waals surface area contributed by atoms with Gasteiger partial charge in [-0.1, -0.05) is 23.7 Å². The molecule has 4 heteroatoms. The fraction of sp³-hybridized carbons (Fsp3) is 0.0714. The van der Waals surface area contributed by atoms with Crippen LogP contribution >= 0.6 is 11.6 Å². The molecule has 0 fully saturated rings. The van der Waals surface area contributed by atoms with Gasteiger partial charge in [0.25, 0.3) is 0 Å². The van der Waals surface area contributed by atoms with E-state index in [1.807, 2.05) is 0 Å². The average molecular weight is 265 g/mol. The Morgan fingerprint density at radius 3 is 2.33 bits per heavy atom. The summed E-state index contributed by atoms with van der Waals surface area (Å²) in [6.45, 7) is 1.67. The van der Waals surface area contributed by atoms with E-state index >= 15 is 0 Å². The topological polar surface area (TPSA) is 37.3 Å². The first-order chi connectivity index (χ1) is 8.49. The van der Waals surface area contributed by atoms with Crippen LogP contribution in [0, 0.1) is 12.7 Å². The van der Waals surface area contributed by atoms with E-state index in [0.717, 1.165) is 11.1 Å². The molecule has 0 amide bonds. The summed E-state index contributed by atoms with van der Waals surface area (Å²) in [5.74, 6) is -1.34. The first-order valence-corrected chi connectivity index (χ1v) is 5.66. The third-order valence-corrected chi connectivity index (χ3v) is 3.00. The molecule has 0 aliphatic carbocycles. The summed E-state index contributed by atoms with van der Waals surface area (Å²) in [5.41, 5.74) is 2.14. The molecule has 2 nitrogen and oxygen atoms in total. The first-order valence-electron chi connectivity index (χ1n) is 5.28. The molecule has 2 aromatic rings. The van der Waals surface area contributed by atoms with Gasteiger partial charge in [-0.3, -0.25) is 0 Å². The molecule has 0 aromatic heterocycles. The summed E-state index contributed by atoms with van der Waals surface area (Å²) in [5, 5.41) is 9.04. The van der Waals surface area contributed by atoms with Gasteiger partial charge in [-0.2, -0.15) is 0 Å². The second-order valence-corrected chi connectivity index (χ2v) is 4.37. The second kappa shape index (κ2) is 4.78. The van der Waals surface area contributed by atoms with Crippen LogP contribution < -0.4 is 0 Å². The van der Waals surface area contributed by atoms with Crippen molar-refractivity contribution < 1.29 is 14.3 Å². The minimum Gasteiger partial charge on any atom is -0.478 e. The van der Waals surface area contributed by atoms with Gasteiger partial charge >= 0.3 is 5.97 Å². The third kappa shape index (κ3) is 2.36. The van der Waals surface area contributed by atoms with Crippen molar-refractivity contribution in [1.82, 2.24) is 0 Å². The summed E-state index contributed by atoms with van der Waals surface area (Å²) in [7, 11) is 0. The predicted octanol–water partition coefficient (Wildman–Crippen LogP) is 4.15. The lowest BCUT2D eigenvalue weighted by Gasteiger charge is -2.06. The van der Waals surface area contributed by atoms with Gasteiger partial charge in [-0.15, -0.1) is 0 Å². The molecule has 0 saturated carbocycles. The first kappa shape index (κ1) is 12.6. The number of carboxylic acid groups (broad SMARTS) is 1. The summed E-state index contributed by atoms with van der Waals surface area (Å²) in [6, 6.07) is 9.37. The Bertz CT molecular complexity index is 623. The number of aromatic carboxylic acids is 1. The summed E-state index contributed by atoms with van der Waals surface area (Å²) < 4.78 is 13.2. The molecule has 2 aromatic carbocycles. The molecule has 0 aliphatic heterocycles. The third-order valence-electron chi connectivity index (χ3n) is 2.69. The molecular formula is C14H10ClFO2. The van der Waals surface area contributed by atoms with Crippen molar-refractivity contribution in [2.24, 2.45) is 0 Å². The lowest BCUT2D eigenvalue weighted by Crippen LogP contribution is -1.97. The second-order valence-electron chi connectivity index (χ2n) is 3.96. The van der Waals surface area contributed by atoms with E-state index in [-0.39, 0.29) is 16.4 Å². The SMILES string of the molecule is Cc1cc(-c2ccc(C(=O)O)c(Cl)c2)ccc1F. The van der Waals surface area contributed by atoms with Crippen molar-refractivity contribution in [3.63, 3.8) is 0 Å². The maximum Gasteiger partial charge on any atom is 0.337 e. The van der Waals surface area contributed by atoms with E-state index in [2.05, 4.69) is 0 Å². The molecule has 0 heterocycles. The van der Waals surface area contributed by atoms with E-state index in [9.17, 15) is 9.18 Å². The van der Waals surface area contributed by atoms with Gasteiger partial charge in [0.1, 0.15) is 5.82 Å². The van der Waals surface area contributed by atoms with Crippen molar-refractivity contribution in [2.75, 3.05) is 0 Å². The van der Waals surface area contributed by atoms with Crippen molar-refractivity contribution >= 4 is 17.6 Å². The maximum absolute atomic E-state index is 13.2. The number of hydrogen-bond donors (Lipinski definition) is 1. The van der Waals surface area contributed by atoms with Crippen LogP contribution in [-0.4, -0.2) is 11.1 Å². The molecule has 0 radical (unpaired) electrons. The van der Waals surface area contributed by atoms with Crippen LogP contribution in [-0.2, 0) is 0 Å². The number of carboxylic acids is 1. The van der Waals surface area contributed by atoms with E-state index < -0.39 is 5.97 Å². The summed E-state index contributed by atoms with van der Waals surface area (Å²) >= 11 is 5.89. The molecular weight excluding hydrogens is 255 g/mol. The largest absolute Gasteiger partial charge is 0.478 e. The van der Waals surface area contributed by atoms with Crippen LogP contribution in [0.1, 0.15) is 15.9 Å². The van der Waals surface area contributed by atoms with Gasteiger partial charge in [0, 0.05) is 0 Å². The van der Waals surface area contributed by atoms with Crippen molar-refractivity contribution in [1.29, 1.82) is 0 Å². The highest BCUT2D eigenvalue weighted by Gasteiger charge is 2.10. The van der Waals surface area contributed by atoms with E-state index in [4.69, 9.17) is 16.7 Å². The number of carbonyl (C=O) groups is 1. The molecule has 1 N–H and O–H groups in total. The predicted molar refractivity (Wildman–Crippen MR) is 68.5 cm³/mol. The smallest absolute Gasteiger partial charge is 0.337 e. The molecule has 18 heavy (non-hydrogen) atoms. The van der Waals surface area contributed by atoms with Gasteiger partial charge < -0.3 is 5.11 Å². The Balaban J connectivity index is 2.48. The van der Waals surface area contributed by atoms with Crippen molar-refractivity contribution in [3.8, 4) is 11.1 Å². The summed E-state index contributed by atoms with van der Waals surface area (Å²) in [6.07, 6.45) is 0. The number of hydrogen-bond acceptors (Lipinski definition) is 1. The van der Waals surface area contributed by atoms with Crippen LogP contribution in [0.2, 0.25) is 5.02 Å². The molecule has 2 rings (SSSR count). The quantitative estimate of drug-likeness (QED) is 0.885. The van der Waals surface area contributed by atoms with Gasteiger partial charge in [-0.05, 0) is 47.9 Å². The van der Waals surface area contributed by atoms with Crippen LogP contribution in [0.5, 0.6) is 0 Å². The Morgan fingerprint density at radius 2 is 1.78 bits per heavy atom. The van der Waals surface area contributed by atoms with Gasteiger partial charge in [-0.25, -0.2) is 9.18 Å². The standard InChI is InChI=1S/C14H10ClFO2/c1-8-6-9(3-5-13(8)16)10-2-4-11(14(17)18)12(15)7-10/h2-7H,1H3,(H,17,18). The fourth-order valence-corrected chi connectivity index (χ4v) is 1.95. The highest BCUT2D eigenvalue weighted by atomic mass is 35.5. The number of rotatable bonds is 2. The Hall–Kier alpha value is -1.87. The molecule has 0 spiro atoms. The Kier molecular flexibility index (Phi) is 3.34.